The average molecular weight is 391 g/mol. The number of nitrogens with zero attached hydrogens (tertiary/aromatic N) is 2. The minimum absolute atomic E-state index is 0.0824. The first-order valence-corrected chi connectivity index (χ1v) is 10.2. The maximum atomic E-state index is 9.72. The van der Waals surface area contributed by atoms with Crippen LogP contribution in [0.5, 0.6) is 5.75 Å². The molecule has 2 aromatic heterocycles. The van der Waals surface area contributed by atoms with Gasteiger partial charge in [0.05, 0.1) is 22.1 Å². The van der Waals surface area contributed by atoms with Crippen LogP contribution in [0.15, 0.2) is 30.3 Å². The fourth-order valence-electron chi connectivity index (χ4n) is 3.97. The molecule has 0 fully saturated rings. The summed E-state index contributed by atoms with van der Waals surface area (Å²) in [5.41, 5.74) is 6.19. The molecule has 0 radical (unpaired) electrons. The van der Waals surface area contributed by atoms with Crippen LogP contribution in [0.2, 0.25) is 0 Å². The van der Waals surface area contributed by atoms with Gasteiger partial charge in [-0.1, -0.05) is 33.8 Å². The maximum absolute atomic E-state index is 9.72. The molecule has 0 aliphatic rings. The largest absolute Gasteiger partial charge is 0.508 e. The molecule has 3 N–H and O–H groups in total. The zero-order valence-electron chi connectivity index (χ0n) is 18.1. The van der Waals surface area contributed by atoms with E-state index >= 15 is 0 Å². The second kappa shape index (κ2) is 6.61. The molecule has 2 aromatic carbocycles. The van der Waals surface area contributed by atoms with Crippen molar-refractivity contribution in [1.29, 1.82) is 0 Å². The number of aryl methyl sites for hydroxylation is 2. The second-order valence-corrected chi connectivity index (χ2v) is 9.62. The van der Waals surface area contributed by atoms with Crippen molar-refractivity contribution in [2.24, 2.45) is 0 Å². The van der Waals surface area contributed by atoms with Crippen LogP contribution in [-0.2, 0) is 10.8 Å². The van der Waals surface area contributed by atoms with Gasteiger partial charge in [0.15, 0.2) is 0 Å². The van der Waals surface area contributed by atoms with Gasteiger partial charge in [0.25, 0.3) is 0 Å². The van der Waals surface area contributed by atoms with Gasteiger partial charge in [0.1, 0.15) is 17.4 Å². The number of aromatic amines is 2. The minimum atomic E-state index is -0.121. The summed E-state index contributed by atoms with van der Waals surface area (Å²) in [6.45, 7) is 13.2. The van der Waals surface area contributed by atoms with E-state index in [4.69, 9.17) is 9.97 Å². The molecular weight excluding hydrogens is 360 g/mol. The molecule has 0 atom stereocenters. The molecule has 5 heteroatoms. The van der Waals surface area contributed by atoms with Gasteiger partial charge >= 0.3 is 0 Å². The number of rotatable bonds is 5. The summed E-state index contributed by atoms with van der Waals surface area (Å²) in [6.07, 6.45) is 1.93. The van der Waals surface area contributed by atoms with Crippen molar-refractivity contribution in [3.05, 3.63) is 53.1 Å². The highest BCUT2D eigenvalue weighted by molar-refractivity contribution is 5.79. The molecule has 4 rings (SSSR count). The maximum Gasteiger partial charge on any atom is 0.117 e. The van der Waals surface area contributed by atoms with Crippen LogP contribution in [0.1, 0.15) is 63.3 Å². The van der Waals surface area contributed by atoms with E-state index in [2.05, 4.69) is 63.6 Å². The van der Waals surface area contributed by atoms with Gasteiger partial charge in [-0.15, -0.1) is 0 Å². The highest BCUT2D eigenvalue weighted by Gasteiger charge is 2.31. The number of aromatic nitrogens is 4. The smallest absolute Gasteiger partial charge is 0.117 e. The Bertz CT molecular complexity index is 1200. The number of fused-ring (bicyclic) bond motifs is 2. The molecule has 152 valence electrons. The summed E-state index contributed by atoms with van der Waals surface area (Å²) in [5, 5.41) is 9.72. The predicted molar refractivity (Wildman–Crippen MR) is 119 cm³/mol. The highest BCUT2D eigenvalue weighted by Crippen LogP contribution is 2.36. The molecule has 4 aromatic rings. The Hall–Kier alpha value is -2.82. The van der Waals surface area contributed by atoms with Crippen LogP contribution >= 0.6 is 0 Å². The monoisotopic (exact) mass is 390 g/mol. The van der Waals surface area contributed by atoms with Crippen molar-refractivity contribution in [2.75, 3.05) is 0 Å². The Morgan fingerprint density at radius 1 is 0.828 bits per heavy atom. The minimum Gasteiger partial charge on any atom is -0.508 e. The summed E-state index contributed by atoms with van der Waals surface area (Å²) in [7, 11) is 0. The number of aromatic hydroxyl groups is 1. The van der Waals surface area contributed by atoms with Crippen molar-refractivity contribution in [3.63, 3.8) is 0 Å². The van der Waals surface area contributed by atoms with Gasteiger partial charge in [0, 0.05) is 16.9 Å². The number of nitrogens with one attached hydrogen (secondary N) is 2. The molecule has 0 bridgehead atoms. The third-order valence-electron chi connectivity index (χ3n) is 6.04. The summed E-state index contributed by atoms with van der Waals surface area (Å²) < 4.78 is 0. The third kappa shape index (κ3) is 3.61. The van der Waals surface area contributed by atoms with E-state index in [1.54, 1.807) is 12.1 Å². The molecule has 0 aliphatic carbocycles. The molecule has 0 saturated heterocycles. The Kier molecular flexibility index (Phi) is 4.45. The van der Waals surface area contributed by atoms with E-state index < -0.39 is 0 Å². The zero-order valence-corrected chi connectivity index (χ0v) is 18.1. The van der Waals surface area contributed by atoms with Gasteiger partial charge < -0.3 is 15.1 Å². The van der Waals surface area contributed by atoms with Crippen LogP contribution in [-0.4, -0.2) is 25.0 Å². The molecule has 29 heavy (non-hydrogen) atoms. The lowest BCUT2D eigenvalue weighted by Crippen LogP contribution is -2.26. The summed E-state index contributed by atoms with van der Waals surface area (Å²) in [4.78, 5) is 16.7. The van der Waals surface area contributed by atoms with Gasteiger partial charge in [-0.3, -0.25) is 0 Å². The first kappa shape index (κ1) is 19.5. The van der Waals surface area contributed by atoms with E-state index in [9.17, 15) is 5.11 Å². The standard InChI is InChI=1S/C24H30N4O/c1-14-11-15(2)20-19(12-14)27-22(28-20)24(5,6)10-9-23(3,4)21-25-17-8-7-16(29)13-18(17)26-21/h7-8,11-13,29H,9-10H2,1-6H3,(H,25,26)(H,27,28). The van der Waals surface area contributed by atoms with Crippen LogP contribution in [0, 0.1) is 13.8 Å². The van der Waals surface area contributed by atoms with Crippen LogP contribution in [0.3, 0.4) is 0 Å². The van der Waals surface area contributed by atoms with Gasteiger partial charge in [0.2, 0.25) is 0 Å². The van der Waals surface area contributed by atoms with Crippen molar-refractivity contribution < 1.29 is 5.11 Å². The SMILES string of the molecule is Cc1cc(C)c2nc(C(C)(C)CCC(C)(C)c3nc4ccc(O)cc4[nH]3)[nH]c2c1. The molecule has 0 spiro atoms. The van der Waals surface area contributed by atoms with Gasteiger partial charge in [-0.25, -0.2) is 9.97 Å². The van der Waals surface area contributed by atoms with Crippen LogP contribution < -0.4 is 0 Å². The fourth-order valence-corrected chi connectivity index (χ4v) is 3.97. The predicted octanol–water partition coefficient (Wildman–Crippen LogP) is 5.80. The molecule has 0 saturated carbocycles. The van der Waals surface area contributed by atoms with E-state index in [0.29, 0.717) is 0 Å². The number of H-pyrrole nitrogens is 2. The number of benzene rings is 2. The Labute approximate surface area is 171 Å². The normalized spacial score (nSPS) is 12.9. The summed E-state index contributed by atoms with van der Waals surface area (Å²) in [5.74, 6) is 2.23. The van der Waals surface area contributed by atoms with E-state index in [1.807, 2.05) is 6.07 Å². The van der Waals surface area contributed by atoms with E-state index in [0.717, 1.165) is 46.6 Å². The number of phenolic OH excluding ortho intramolecular Hbond substituents is 1. The topological polar surface area (TPSA) is 77.6 Å². The number of imidazole rings is 2. The number of hydrogen-bond acceptors (Lipinski definition) is 3. The van der Waals surface area contributed by atoms with Crippen LogP contribution in [0.25, 0.3) is 22.1 Å². The molecule has 0 aliphatic heterocycles. The first-order valence-electron chi connectivity index (χ1n) is 10.2. The Morgan fingerprint density at radius 3 is 2.14 bits per heavy atom. The molecule has 0 unspecified atom stereocenters. The van der Waals surface area contributed by atoms with Crippen LogP contribution in [0.4, 0.5) is 0 Å². The fraction of sp³-hybridized carbons (Fsp3) is 0.417. The Balaban J connectivity index is 1.58. The molecule has 5 nitrogen and oxygen atoms in total. The van der Waals surface area contributed by atoms with Crippen molar-refractivity contribution in [2.45, 2.75) is 65.2 Å². The summed E-state index contributed by atoms with van der Waals surface area (Å²) >= 11 is 0. The van der Waals surface area contributed by atoms with E-state index in [-0.39, 0.29) is 16.6 Å². The number of phenols is 1. The van der Waals surface area contributed by atoms with Crippen molar-refractivity contribution in [3.8, 4) is 5.75 Å². The molecular formula is C24H30N4O. The molecule has 2 heterocycles. The quantitative estimate of drug-likeness (QED) is 0.403. The lowest BCUT2D eigenvalue weighted by atomic mass is 9.78. The van der Waals surface area contributed by atoms with E-state index in [1.165, 1.54) is 11.1 Å². The molecule has 0 amide bonds. The second-order valence-electron chi connectivity index (χ2n) is 9.62. The highest BCUT2D eigenvalue weighted by atomic mass is 16.3. The Morgan fingerprint density at radius 2 is 1.45 bits per heavy atom. The first-order chi connectivity index (χ1) is 13.5. The zero-order chi connectivity index (χ0) is 21.0. The third-order valence-corrected chi connectivity index (χ3v) is 6.04. The lowest BCUT2D eigenvalue weighted by Gasteiger charge is -2.28. The lowest BCUT2D eigenvalue weighted by molar-refractivity contribution is 0.355. The summed E-state index contributed by atoms with van der Waals surface area (Å²) in [6, 6.07) is 9.60. The van der Waals surface area contributed by atoms with Crippen molar-refractivity contribution in [1.82, 2.24) is 19.9 Å². The number of hydrogen-bond donors (Lipinski definition) is 3. The van der Waals surface area contributed by atoms with Gasteiger partial charge in [-0.2, -0.15) is 0 Å². The average Bonchev–Trinajstić information content (AvgIpc) is 3.24. The van der Waals surface area contributed by atoms with Gasteiger partial charge in [-0.05, 0) is 56.0 Å². The van der Waals surface area contributed by atoms with Crippen molar-refractivity contribution >= 4 is 22.1 Å².